The van der Waals surface area contributed by atoms with E-state index in [9.17, 15) is 14.4 Å². The molecule has 0 aliphatic carbocycles. The van der Waals surface area contributed by atoms with Gasteiger partial charge in [0.2, 0.25) is 5.91 Å². The maximum absolute atomic E-state index is 12.7. The Hall–Kier alpha value is -2.52. The topological polar surface area (TPSA) is 85.4 Å². The van der Waals surface area contributed by atoms with E-state index in [1.807, 2.05) is 6.92 Å². The second kappa shape index (κ2) is 8.66. The van der Waals surface area contributed by atoms with E-state index in [2.05, 4.69) is 0 Å². The smallest absolute Gasteiger partial charge is 0.294 e. The number of amides is 3. The van der Waals surface area contributed by atoms with Crippen LogP contribution in [0.15, 0.2) is 17.0 Å². The van der Waals surface area contributed by atoms with Gasteiger partial charge in [-0.05, 0) is 36.9 Å². The molecule has 0 unspecified atom stereocenters. The zero-order chi connectivity index (χ0) is 20.3. The number of thioether (sulfide) groups is 1. The number of methoxy groups -OCH3 is 2. The summed E-state index contributed by atoms with van der Waals surface area (Å²) < 4.78 is 15.9. The van der Waals surface area contributed by atoms with Gasteiger partial charge in [0.15, 0.2) is 0 Å². The summed E-state index contributed by atoms with van der Waals surface area (Å²) in [5.41, 5.74) is 1.45. The molecule has 0 bridgehead atoms. The highest BCUT2D eigenvalue weighted by Gasteiger charge is 2.37. The highest BCUT2D eigenvalue weighted by Crippen LogP contribution is 2.37. The number of carbonyl (C=O) groups is 3. The molecule has 9 heteroatoms. The van der Waals surface area contributed by atoms with Gasteiger partial charge in [0.05, 0.1) is 32.3 Å². The largest absolute Gasteiger partial charge is 0.496 e. The molecule has 28 heavy (non-hydrogen) atoms. The van der Waals surface area contributed by atoms with Crippen molar-refractivity contribution in [3.05, 3.63) is 28.2 Å². The van der Waals surface area contributed by atoms with Gasteiger partial charge in [-0.15, -0.1) is 0 Å². The van der Waals surface area contributed by atoms with E-state index in [0.717, 1.165) is 22.2 Å². The summed E-state index contributed by atoms with van der Waals surface area (Å²) in [6.45, 7) is 3.44. The number of imide groups is 1. The number of rotatable bonds is 5. The highest BCUT2D eigenvalue weighted by atomic mass is 32.2. The lowest BCUT2D eigenvalue weighted by molar-refractivity contribution is -0.139. The van der Waals surface area contributed by atoms with Crippen molar-refractivity contribution in [3.63, 3.8) is 0 Å². The Morgan fingerprint density at radius 3 is 2.57 bits per heavy atom. The average Bonchev–Trinajstić information content (AvgIpc) is 2.96. The fourth-order valence-electron chi connectivity index (χ4n) is 3.13. The number of nitrogens with zero attached hydrogens (tertiary/aromatic N) is 2. The molecule has 0 N–H and O–H groups in total. The molecule has 1 aromatic rings. The molecule has 2 aliphatic heterocycles. The van der Waals surface area contributed by atoms with Crippen LogP contribution in [0.5, 0.6) is 11.5 Å². The molecule has 0 atom stereocenters. The molecular formula is C19H22N2O6S. The second-order valence-electron chi connectivity index (χ2n) is 6.28. The molecule has 2 saturated heterocycles. The predicted molar refractivity (Wildman–Crippen MR) is 104 cm³/mol. The Morgan fingerprint density at radius 1 is 1.21 bits per heavy atom. The molecule has 150 valence electrons. The lowest BCUT2D eigenvalue weighted by atomic mass is 10.1. The van der Waals surface area contributed by atoms with Crippen molar-refractivity contribution >= 4 is 34.9 Å². The molecule has 3 rings (SSSR count). The molecule has 8 nitrogen and oxygen atoms in total. The molecule has 1 aromatic carbocycles. The first kappa shape index (κ1) is 20.2. The van der Waals surface area contributed by atoms with Crippen LogP contribution in [0.25, 0.3) is 6.08 Å². The summed E-state index contributed by atoms with van der Waals surface area (Å²) in [5, 5.41) is -0.456. The molecular weight excluding hydrogens is 384 g/mol. The number of morpholine rings is 1. The third-order valence-electron chi connectivity index (χ3n) is 4.63. The van der Waals surface area contributed by atoms with Gasteiger partial charge in [0.1, 0.15) is 18.0 Å². The first-order valence-corrected chi connectivity index (χ1v) is 9.60. The minimum absolute atomic E-state index is 0.252. The maximum atomic E-state index is 12.7. The standard InChI is InChI=1S/C19H22N2O6S/c1-12-14(25-2)5-4-13(17(12)26-3)10-15-18(23)21(19(24)28-15)11-16(22)20-6-8-27-9-7-20/h4-5,10H,6-9,11H2,1-3H3/b15-10+. The zero-order valence-electron chi connectivity index (χ0n) is 16.0. The van der Waals surface area contributed by atoms with Gasteiger partial charge in [-0.25, -0.2) is 0 Å². The zero-order valence-corrected chi connectivity index (χ0v) is 16.8. The molecule has 0 saturated carbocycles. The van der Waals surface area contributed by atoms with Crippen LogP contribution in [-0.2, 0) is 14.3 Å². The Morgan fingerprint density at radius 2 is 1.93 bits per heavy atom. The normalized spacial score (nSPS) is 18.8. The Kier molecular flexibility index (Phi) is 6.25. The van der Waals surface area contributed by atoms with Gasteiger partial charge < -0.3 is 19.1 Å². The van der Waals surface area contributed by atoms with Crippen molar-refractivity contribution in [2.45, 2.75) is 6.92 Å². The van der Waals surface area contributed by atoms with Gasteiger partial charge in [0, 0.05) is 24.2 Å². The Balaban J connectivity index is 1.79. The summed E-state index contributed by atoms with van der Waals surface area (Å²) >= 11 is 0.817. The monoisotopic (exact) mass is 406 g/mol. The summed E-state index contributed by atoms with van der Waals surface area (Å²) in [6.07, 6.45) is 1.61. The van der Waals surface area contributed by atoms with Crippen molar-refractivity contribution in [2.75, 3.05) is 47.1 Å². The fraction of sp³-hybridized carbons (Fsp3) is 0.421. The molecule has 2 fully saturated rings. The van der Waals surface area contributed by atoms with Gasteiger partial charge in [-0.2, -0.15) is 0 Å². The third kappa shape index (κ3) is 4.00. The number of carbonyl (C=O) groups excluding carboxylic acids is 3. The Bertz CT molecular complexity index is 832. The Labute approximate surface area is 167 Å². The van der Waals surface area contributed by atoms with Gasteiger partial charge in [-0.3, -0.25) is 19.3 Å². The van der Waals surface area contributed by atoms with Crippen molar-refractivity contribution in [1.82, 2.24) is 9.80 Å². The van der Waals surface area contributed by atoms with Crippen LogP contribution in [0.2, 0.25) is 0 Å². The highest BCUT2D eigenvalue weighted by molar-refractivity contribution is 8.18. The quantitative estimate of drug-likeness (QED) is 0.691. The van der Waals surface area contributed by atoms with Crippen LogP contribution in [0.4, 0.5) is 4.79 Å². The number of hydrogen-bond acceptors (Lipinski definition) is 7. The van der Waals surface area contributed by atoms with Crippen LogP contribution in [0.1, 0.15) is 11.1 Å². The van der Waals surface area contributed by atoms with Crippen molar-refractivity contribution < 1.29 is 28.6 Å². The van der Waals surface area contributed by atoms with E-state index < -0.39 is 11.1 Å². The van der Waals surface area contributed by atoms with Crippen LogP contribution in [0, 0.1) is 6.92 Å². The van der Waals surface area contributed by atoms with Crippen LogP contribution in [0.3, 0.4) is 0 Å². The summed E-state index contributed by atoms with van der Waals surface area (Å²) in [7, 11) is 3.10. The van der Waals surface area contributed by atoms with Crippen molar-refractivity contribution in [2.24, 2.45) is 0 Å². The molecule has 0 radical (unpaired) electrons. The molecule has 0 spiro atoms. The fourth-order valence-corrected chi connectivity index (χ4v) is 3.96. The van der Waals surface area contributed by atoms with Gasteiger partial charge in [0.25, 0.3) is 11.1 Å². The first-order chi connectivity index (χ1) is 13.5. The molecule has 2 heterocycles. The summed E-state index contributed by atoms with van der Waals surface area (Å²) in [5.74, 6) is 0.491. The third-order valence-corrected chi connectivity index (χ3v) is 5.54. The van der Waals surface area contributed by atoms with Gasteiger partial charge in [-0.1, -0.05) is 0 Å². The van der Waals surface area contributed by atoms with E-state index in [-0.39, 0.29) is 17.4 Å². The lowest BCUT2D eigenvalue weighted by Gasteiger charge is -2.28. The van der Waals surface area contributed by atoms with E-state index in [1.54, 1.807) is 30.2 Å². The van der Waals surface area contributed by atoms with Crippen LogP contribution < -0.4 is 9.47 Å². The van der Waals surface area contributed by atoms with E-state index in [4.69, 9.17) is 14.2 Å². The van der Waals surface area contributed by atoms with Gasteiger partial charge >= 0.3 is 0 Å². The average molecular weight is 406 g/mol. The van der Waals surface area contributed by atoms with Crippen LogP contribution in [-0.4, -0.2) is 73.9 Å². The molecule has 2 aliphatic rings. The molecule has 3 amide bonds. The summed E-state index contributed by atoms with van der Waals surface area (Å²) in [6, 6.07) is 3.54. The summed E-state index contributed by atoms with van der Waals surface area (Å²) in [4.78, 5) is 40.2. The van der Waals surface area contributed by atoms with E-state index in [1.165, 1.54) is 7.11 Å². The number of hydrogen-bond donors (Lipinski definition) is 0. The van der Waals surface area contributed by atoms with Crippen molar-refractivity contribution in [3.8, 4) is 11.5 Å². The molecule has 0 aromatic heterocycles. The maximum Gasteiger partial charge on any atom is 0.294 e. The second-order valence-corrected chi connectivity index (χ2v) is 7.27. The first-order valence-electron chi connectivity index (χ1n) is 8.78. The number of benzene rings is 1. The van der Waals surface area contributed by atoms with E-state index in [0.29, 0.717) is 43.4 Å². The van der Waals surface area contributed by atoms with Crippen LogP contribution >= 0.6 is 11.8 Å². The SMILES string of the molecule is COc1ccc(/C=C2/SC(=O)N(CC(=O)N3CCOCC3)C2=O)c(OC)c1C. The minimum atomic E-state index is -0.480. The lowest BCUT2D eigenvalue weighted by Crippen LogP contribution is -2.46. The minimum Gasteiger partial charge on any atom is -0.496 e. The predicted octanol–water partition coefficient (Wildman–Crippen LogP) is 1.91. The van der Waals surface area contributed by atoms with E-state index >= 15 is 0 Å². The van der Waals surface area contributed by atoms with Crippen molar-refractivity contribution in [1.29, 1.82) is 0 Å². The number of ether oxygens (including phenoxy) is 3.